The molecule has 39 heavy (non-hydrogen) atoms. The molecule has 2 saturated heterocycles. The molecule has 9 nitrogen and oxygen atoms in total. The molecule has 214 valence electrons. The van der Waals surface area contributed by atoms with Crippen LogP contribution in [-0.4, -0.2) is 93.9 Å². The van der Waals surface area contributed by atoms with Crippen LogP contribution in [0.25, 0.3) is 0 Å². The number of ether oxygens (including phenoxy) is 3. The number of nitrogens with one attached hydrogen (secondary N) is 2. The van der Waals surface area contributed by atoms with Crippen LogP contribution in [-0.2, 0) is 4.74 Å². The lowest BCUT2D eigenvalue weighted by Crippen LogP contribution is -2.41. The van der Waals surface area contributed by atoms with Crippen molar-refractivity contribution >= 4 is 0 Å². The van der Waals surface area contributed by atoms with Crippen LogP contribution in [0.15, 0.2) is 54.5 Å². The van der Waals surface area contributed by atoms with Crippen molar-refractivity contribution in [2.24, 2.45) is 11.7 Å². The molecule has 0 amide bonds. The fourth-order valence-corrected chi connectivity index (χ4v) is 4.86. The van der Waals surface area contributed by atoms with E-state index >= 15 is 0 Å². The first-order chi connectivity index (χ1) is 18.8. The van der Waals surface area contributed by atoms with Crippen molar-refractivity contribution in [1.82, 2.24) is 20.4 Å². The van der Waals surface area contributed by atoms with Gasteiger partial charge in [0.25, 0.3) is 0 Å². The summed E-state index contributed by atoms with van der Waals surface area (Å²) in [6.07, 6.45) is 2.77. The summed E-state index contributed by atoms with van der Waals surface area (Å²) in [7, 11) is 3.24. The zero-order chi connectivity index (χ0) is 28.2. The molecule has 2 heterocycles. The second-order valence-corrected chi connectivity index (χ2v) is 9.91. The minimum absolute atomic E-state index is 0.137. The summed E-state index contributed by atoms with van der Waals surface area (Å²) in [6, 6.07) is 5.71. The van der Waals surface area contributed by atoms with E-state index in [1.54, 1.807) is 20.3 Å². The van der Waals surface area contributed by atoms with Crippen LogP contribution in [0.3, 0.4) is 0 Å². The van der Waals surface area contributed by atoms with Gasteiger partial charge in [0.15, 0.2) is 0 Å². The molecule has 0 spiro atoms. The molecule has 3 rings (SSSR count). The van der Waals surface area contributed by atoms with Crippen LogP contribution in [0.1, 0.15) is 25.3 Å². The third-order valence-electron chi connectivity index (χ3n) is 7.04. The molecule has 0 saturated carbocycles. The molecule has 2 aliphatic heterocycles. The van der Waals surface area contributed by atoms with Gasteiger partial charge in [-0.25, -0.2) is 0 Å². The summed E-state index contributed by atoms with van der Waals surface area (Å²) >= 11 is 0. The lowest BCUT2D eigenvalue weighted by Gasteiger charge is -2.28. The third-order valence-corrected chi connectivity index (χ3v) is 7.04. The molecular weight excluding hydrogens is 494 g/mol. The largest absolute Gasteiger partial charge is 0.497 e. The van der Waals surface area contributed by atoms with Crippen molar-refractivity contribution in [1.29, 1.82) is 0 Å². The van der Waals surface area contributed by atoms with Gasteiger partial charge >= 0.3 is 0 Å². The lowest BCUT2D eigenvalue weighted by atomic mass is 9.98. The second-order valence-electron chi connectivity index (χ2n) is 9.91. The fraction of sp³-hybridized carbons (Fsp3) is 0.533. The van der Waals surface area contributed by atoms with Crippen LogP contribution in [0.4, 0.5) is 0 Å². The first-order valence-electron chi connectivity index (χ1n) is 13.6. The summed E-state index contributed by atoms with van der Waals surface area (Å²) in [5, 5.41) is 17.5. The number of allylic oxidation sites excluding steroid dienone is 1. The van der Waals surface area contributed by atoms with Gasteiger partial charge < -0.3 is 35.7 Å². The Bertz CT molecular complexity index is 1030. The average molecular weight is 540 g/mol. The van der Waals surface area contributed by atoms with Crippen LogP contribution >= 0.6 is 0 Å². The predicted octanol–water partition coefficient (Wildman–Crippen LogP) is 1.86. The molecule has 2 fully saturated rings. The number of hydrogen-bond acceptors (Lipinski definition) is 9. The topological polar surface area (TPSA) is 104 Å². The van der Waals surface area contributed by atoms with E-state index in [0.29, 0.717) is 23.7 Å². The highest BCUT2D eigenvalue weighted by molar-refractivity contribution is 5.47. The highest BCUT2D eigenvalue weighted by Crippen LogP contribution is 2.23. The van der Waals surface area contributed by atoms with Gasteiger partial charge in [0.1, 0.15) is 23.5 Å². The predicted molar refractivity (Wildman–Crippen MR) is 155 cm³/mol. The number of rotatable bonds is 13. The number of nitrogens with two attached hydrogens (primary N) is 1. The van der Waals surface area contributed by atoms with Gasteiger partial charge in [0.05, 0.1) is 27.4 Å². The van der Waals surface area contributed by atoms with Crippen molar-refractivity contribution in [3.63, 3.8) is 0 Å². The van der Waals surface area contributed by atoms with Crippen molar-refractivity contribution in [2.75, 3.05) is 66.7 Å². The van der Waals surface area contributed by atoms with Gasteiger partial charge in [-0.1, -0.05) is 25.0 Å². The Morgan fingerprint density at radius 3 is 2.54 bits per heavy atom. The Labute approximate surface area is 233 Å². The Kier molecular flexibility index (Phi) is 12.0. The maximum Gasteiger partial charge on any atom is 0.126 e. The van der Waals surface area contributed by atoms with Gasteiger partial charge in [-0.05, 0) is 44.5 Å². The Morgan fingerprint density at radius 2 is 1.92 bits per heavy atom. The number of benzene rings is 1. The van der Waals surface area contributed by atoms with E-state index in [4.69, 9.17) is 19.9 Å². The van der Waals surface area contributed by atoms with Crippen LogP contribution < -0.4 is 25.8 Å². The zero-order valence-corrected chi connectivity index (χ0v) is 23.7. The van der Waals surface area contributed by atoms with Crippen molar-refractivity contribution in [3.05, 3.63) is 60.1 Å². The summed E-state index contributed by atoms with van der Waals surface area (Å²) in [5.41, 5.74) is 8.46. The second kappa shape index (κ2) is 15.4. The summed E-state index contributed by atoms with van der Waals surface area (Å²) < 4.78 is 16.2. The van der Waals surface area contributed by atoms with Crippen LogP contribution in [0.2, 0.25) is 0 Å². The Morgan fingerprint density at radius 1 is 1.23 bits per heavy atom. The normalized spacial score (nSPS) is 20.2. The molecule has 5 N–H and O–H groups in total. The number of morpholine rings is 1. The minimum Gasteiger partial charge on any atom is -0.497 e. The zero-order valence-electron chi connectivity index (χ0n) is 23.7. The Hall–Kier alpha value is -3.16. The molecule has 0 radical (unpaired) electrons. The van der Waals surface area contributed by atoms with Gasteiger partial charge in [0, 0.05) is 67.6 Å². The summed E-state index contributed by atoms with van der Waals surface area (Å²) in [5.74, 6) is 8.59. The summed E-state index contributed by atoms with van der Waals surface area (Å²) in [6.45, 7) is 16.6. The molecule has 0 bridgehead atoms. The first kappa shape index (κ1) is 30.4. The van der Waals surface area contributed by atoms with Gasteiger partial charge in [0.2, 0.25) is 0 Å². The number of likely N-dealkylation sites (tertiary alicyclic amines) is 1. The monoisotopic (exact) mass is 539 g/mol. The van der Waals surface area contributed by atoms with Gasteiger partial charge in [-0.2, -0.15) is 0 Å². The molecule has 0 aromatic heterocycles. The van der Waals surface area contributed by atoms with Crippen LogP contribution in [0.5, 0.6) is 11.5 Å². The molecule has 1 aromatic rings. The number of hydrogen-bond donors (Lipinski definition) is 4. The van der Waals surface area contributed by atoms with Crippen molar-refractivity contribution < 1.29 is 19.3 Å². The molecule has 0 aliphatic carbocycles. The van der Waals surface area contributed by atoms with E-state index in [1.807, 2.05) is 30.0 Å². The van der Waals surface area contributed by atoms with Gasteiger partial charge in [-0.3, -0.25) is 9.80 Å². The number of methoxy groups -OCH3 is 2. The van der Waals surface area contributed by atoms with Crippen LogP contribution in [0, 0.1) is 17.8 Å². The third kappa shape index (κ3) is 9.22. The molecule has 3 atom stereocenters. The van der Waals surface area contributed by atoms with E-state index in [2.05, 4.69) is 40.5 Å². The Balaban J connectivity index is 1.80. The number of aliphatic hydroxyl groups excluding tert-OH is 1. The number of nitrogens with zero attached hydrogens (tertiary/aromatic N) is 2. The molecule has 9 heteroatoms. The molecule has 1 aromatic carbocycles. The summed E-state index contributed by atoms with van der Waals surface area (Å²) in [4.78, 5) is 4.42. The van der Waals surface area contributed by atoms with E-state index in [9.17, 15) is 5.11 Å². The smallest absolute Gasteiger partial charge is 0.126 e. The fourth-order valence-electron chi connectivity index (χ4n) is 4.86. The lowest BCUT2D eigenvalue weighted by molar-refractivity contribution is 0.0375. The molecule has 2 aliphatic rings. The maximum atomic E-state index is 10.2. The average Bonchev–Trinajstić information content (AvgIpc) is 3.42. The van der Waals surface area contributed by atoms with Gasteiger partial charge in [-0.15, -0.1) is 0 Å². The minimum atomic E-state index is -0.653. The highest BCUT2D eigenvalue weighted by atomic mass is 16.5. The van der Waals surface area contributed by atoms with E-state index in [-0.39, 0.29) is 12.0 Å². The van der Waals surface area contributed by atoms with E-state index < -0.39 is 6.23 Å². The van der Waals surface area contributed by atoms with Crippen molar-refractivity contribution in [3.8, 4) is 23.3 Å². The standard InChI is InChI=1S/C30H45N5O4/c1-6-28(36)35-13-10-25(21-35)33-30(32-11-7-12-34-14-16-39-17-15-34)29(23(3)31)22(2)8-9-24-18-26(37-4)20-27(19-24)38-5/h6,18-20,22,25,28,32-33,36H,1,3,7,10-17,21,31H2,2,4-5H3/b30-29+/t22?,25-,28-/m0/s1. The number of aliphatic hydroxyl groups is 1. The van der Waals surface area contributed by atoms with E-state index in [0.717, 1.165) is 75.7 Å². The molecular formula is C30H45N5O4. The maximum absolute atomic E-state index is 10.2. The van der Waals surface area contributed by atoms with Crippen molar-refractivity contribution in [2.45, 2.75) is 32.0 Å². The highest BCUT2D eigenvalue weighted by Gasteiger charge is 2.27. The quantitative estimate of drug-likeness (QED) is 0.129. The molecule has 1 unspecified atom stereocenters. The SMILES string of the molecule is C=C[C@H](O)N1CC[C@H](N/C(NCCCN2CCOCC2)=C(/C(=C)N)C(C)C#Cc2cc(OC)cc(OC)c2)C1. The van der Waals surface area contributed by atoms with E-state index in [1.165, 1.54) is 0 Å². The first-order valence-corrected chi connectivity index (χ1v) is 13.6.